The van der Waals surface area contributed by atoms with Gasteiger partial charge in [-0.2, -0.15) is 0 Å². The molecule has 10 heteroatoms. The average molecular weight is 451 g/mol. The van der Waals surface area contributed by atoms with Crippen molar-refractivity contribution < 1.29 is 14.4 Å². The molecule has 1 aromatic heterocycles. The second-order valence-corrected chi connectivity index (χ2v) is 8.23. The minimum absolute atomic E-state index is 0.126. The summed E-state index contributed by atoms with van der Waals surface area (Å²) in [6.07, 6.45) is 3.02. The van der Waals surface area contributed by atoms with Gasteiger partial charge < -0.3 is 20.1 Å². The van der Waals surface area contributed by atoms with E-state index in [0.29, 0.717) is 28.5 Å². The first-order chi connectivity index (χ1) is 15.5. The minimum atomic E-state index is -0.259. The molecule has 1 saturated heterocycles. The first kappa shape index (κ1) is 21.6. The minimum Gasteiger partial charge on any atom is -0.325 e. The molecule has 0 radical (unpaired) electrons. The van der Waals surface area contributed by atoms with Crippen LogP contribution in [0.4, 0.5) is 17.1 Å². The van der Waals surface area contributed by atoms with Gasteiger partial charge in [-0.3, -0.25) is 14.4 Å². The van der Waals surface area contributed by atoms with Crippen molar-refractivity contribution in [2.75, 3.05) is 27.8 Å². The van der Waals surface area contributed by atoms with Crippen molar-refractivity contribution in [1.82, 2.24) is 14.8 Å². The van der Waals surface area contributed by atoms with Crippen LogP contribution in [-0.2, 0) is 16.6 Å². The van der Waals surface area contributed by atoms with Crippen LogP contribution in [0.5, 0.6) is 0 Å². The molecule has 4 rings (SSSR count). The third kappa shape index (κ3) is 5.14. The van der Waals surface area contributed by atoms with Crippen molar-refractivity contribution in [2.24, 2.45) is 7.05 Å². The first-order valence-electron chi connectivity index (χ1n) is 10.1. The number of amides is 3. The van der Waals surface area contributed by atoms with Crippen molar-refractivity contribution in [1.29, 1.82) is 0 Å². The van der Waals surface area contributed by atoms with Gasteiger partial charge >= 0.3 is 0 Å². The Kier molecular flexibility index (Phi) is 6.50. The Bertz CT molecular complexity index is 1130. The maximum Gasteiger partial charge on any atom is 0.255 e. The topological polar surface area (TPSA) is 109 Å². The molecule has 32 heavy (non-hydrogen) atoms. The number of thioether (sulfide) groups is 1. The molecule has 3 aromatic rings. The molecule has 0 spiro atoms. The molecule has 3 amide bonds. The van der Waals surface area contributed by atoms with Gasteiger partial charge in [-0.05, 0) is 55.0 Å². The van der Waals surface area contributed by atoms with Gasteiger partial charge in [0.2, 0.25) is 11.8 Å². The summed E-state index contributed by atoms with van der Waals surface area (Å²) in [5.74, 6) is -0.105. The molecule has 1 aliphatic heterocycles. The number of aromatic nitrogens is 3. The third-order valence-electron chi connectivity index (χ3n) is 4.94. The highest BCUT2D eigenvalue weighted by Gasteiger charge is 2.21. The number of carbonyl (C=O) groups excluding carboxylic acids is 3. The Labute approximate surface area is 189 Å². The van der Waals surface area contributed by atoms with Crippen LogP contribution in [0.1, 0.15) is 23.2 Å². The molecule has 1 fully saturated rings. The molecule has 0 bridgehead atoms. The zero-order valence-corrected chi connectivity index (χ0v) is 18.3. The smallest absolute Gasteiger partial charge is 0.255 e. The van der Waals surface area contributed by atoms with Crippen LogP contribution in [0.2, 0.25) is 0 Å². The molecular formula is C22H22N6O3S. The third-order valence-corrected chi connectivity index (χ3v) is 5.98. The van der Waals surface area contributed by atoms with E-state index < -0.39 is 0 Å². The van der Waals surface area contributed by atoms with E-state index in [-0.39, 0.29) is 23.5 Å². The van der Waals surface area contributed by atoms with Crippen molar-refractivity contribution >= 4 is 46.5 Å². The van der Waals surface area contributed by atoms with Gasteiger partial charge in [-0.1, -0.05) is 11.8 Å². The van der Waals surface area contributed by atoms with Gasteiger partial charge in [0, 0.05) is 42.6 Å². The monoisotopic (exact) mass is 450 g/mol. The number of benzene rings is 2. The number of hydrogen-bond acceptors (Lipinski definition) is 6. The van der Waals surface area contributed by atoms with Gasteiger partial charge in [0.25, 0.3) is 5.91 Å². The molecule has 2 aromatic carbocycles. The van der Waals surface area contributed by atoms with Gasteiger partial charge in [-0.25, -0.2) is 0 Å². The van der Waals surface area contributed by atoms with Gasteiger partial charge in [-0.15, -0.1) is 10.2 Å². The predicted molar refractivity (Wildman–Crippen MR) is 123 cm³/mol. The summed E-state index contributed by atoms with van der Waals surface area (Å²) in [7, 11) is 1.81. The van der Waals surface area contributed by atoms with E-state index in [2.05, 4.69) is 20.8 Å². The standard InChI is InChI=1S/C22H22N6O3S/c1-27-14-23-26-22(27)32-13-19(29)24-16-6-4-15(5-7-16)21(31)25-17-8-10-18(11-9-17)28-12-2-3-20(28)30/h4-11,14H,2-3,12-13H2,1H3,(H,24,29)(H,25,31). The SMILES string of the molecule is Cn1cnnc1SCC(=O)Nc1ccc(C(=O)Nc2ccc(N3CCCC3=O)cc2)cc1. The summed E-state index contributed by atoms with van der Waals surface area (Å²) in [6, 6.07) is 13.9. The summed E-state index contributed by atoms with van der Waals surface area (Å²) in [4.78, 5) is 38.3. The summed E-state index contributed by atoms with van der Waals surface area (Å²) in [5, 5.41) is 14.0. The molecule has 0 saturated carbocycles. The summed E-state index contributed by atoms with van der Waals surface area (Å²) < 4.78 is 1.74. The Balaban J connectivity index is 1.29. The Morgan fingerprint density at radius 3 is 2.34 bits per heavy atom. The highest BCUT2D eigenvalue weighted by atomic mass is 32.2. The predicted octanol–water partition coefficient (Wildman–Crippen LogP) is 2.93. The highest BCUT2D eigenvalue weighted by Crippen LogP contribution is 2.23. The molecule has 0 unspecified atom stereocenters. The van der Waals surface area contributed by atoms with Gasteiger partial charge in [0.1, 0.15) is 6.33 Å². The number of aryl methyl sites for hydroxylation is 1. The molecule has 9 nitrogen and oxygen atoms in total. The quantitative estimate of drug-likeness (QED) is 0.536. The Morgan fingerprint density at radius 1 is 1.03 bits per heavy atom. The van der Waals surface area contributed by atoms with Gasteiger partial charge in [0.05, 0.1) is 5.75 Å². The van der Waals surface area contributed by atoms with Gasteiger partial charge in [0.15, 0.2) is 5.16 Å². The fraction of sp³-hybridized carbons (Fsp3) is 0.227. The molecular weight excluding hydrogens is 428 g/mol. The molecule has 164 valence electrons. The van der Waals surface area contributed by atoms with Crippen LogP contribution in [-0.4, -0.2) is 44.8 Å². The molecule has 0 aliphatic carbocycles. The fourth-order valence-electron chi connectivity index (χ4n) is 3.28. The lowest BCUT2D eigenvalue weighted by atomic mass is 10.2. The van der Waals surface area contributed by atoms with Crippen molar-refractivity contribution in [3.63, 3.8) is 0 Å². The zero-order chi connectivity index (χ0) is 22.5. The molecule has 0 atom stereocenters. The highest BCUT2D eigenvalue weighted by molar-refractivity contribution is 7.99. The average Bonchev–Trinajstić information content (AvgIpc) is 3.41. The molecule has 2 N–H and O–H groups in total. The van der Waals surface area contributed by atoms with E-state index >= 15 is 0 Å². The van der Waals surface area contributed by atoms with Crippen LogP contribution >= 0.6 is 11.8 Å². The molecule has 2 heterocycles. The summed E-state index contributed by atoms with van der Waals surface area (Å²) >= 11 is 1.29. The van der Waals surface area contributed by atoms with Crippen LogP contribution in [0.25, 0.3) is 0 Å². The number of anilines is 3. The summed E-state index contributed by atoms with van der Waals surface area (Å²) in [6.45, 7) is 0.729. The van der Waals surface area contributed by atoms with E-state index in [9.17, 15) is 14.4 Å². The maximum absolute atomic E-state index is 12.5. The van der Waals surface area contributed by atoms with Crippen molar-refractivity contribution in [3.8, 4) is 0 Å². The number of rotatable bonds is 7. The maximum atomic E-state index is 12.5. The van der Waals surface area contributed by atoms with Crippen LogP contribution in [0, 0.1) is 0 Å². The number of hydrogen-bond donors (Lipinski definition) is 2. The zero-order valence-electron chi connectivity index (χ0n) is 17.4. The van der Waals surface area contributed by atoms with E-state index in [0.717, 1.165) is 18.7 Å². The second kappa shape index (κ2) is 9.65. The van der Waals surface area contributed by atoms with Crippen molar-refractivity contribution in [3.05, 3.63) is 60.4 Å². The van der Waals surface area contributed by atoms with Crippen LogP contribution < -0.4 is 15.5 Å². The van der Waals surface area contributed by atoms with E-state index in [1.807, 2.05) is 19.2 Å². The lowest BCUT2D eigenvalue weighted by molar-refractivity contribution is -0.117. The number of carbonyl (C=O) groups is 3. The van der Waals surface area contributed by atoms with Crippen molar-refractivity contribution in [2.45, 2.75) is 18.0 Å². The van der Waals surface area contributed by atoms with Crippen LogP contribution in [0.15, 0.2) is 60.0 Å². The number of nitrogens with zero attached hydrogens (tertiary/aromatic N) is 4. The normalized spacial score (nSPS) is 13.3. The fourth-order valence-corrected chi connectivity index (χ4v) is 3.97. The van der Waals surface area contributed by atoms with E-state index in [1.54, 1.807) is 52.2 Å². The van der Waals surface area contributed by atoms with E-state index in [1.165, 1.54) is 11.8 Å². The lowest BCUT2D eigenvalue weighted by Crippen LogP contribution is -2.23. The Hall–Kier alpha value is -3.66. The second-order valence-electron chi connectivity index (χ2n) is 7.29. The largest absolute Gasteiger partial charge is 0.325 e. The summed E-state index contributed by atoms with van der Waals surface area (Å²) in [5.41, 5.74) is 2.55. The molecule has 1 aliphatic rings. The van der Waals surface area contributed by atoms with E-state index in [4.69, 9.17) is 0 Å². The Morgan fingerprint density at radius 2 is 1.72 bits per heavy atom. The lowest BCUT2D eigenvalue weighted by Gasteiger charge is -2.16. The number of nitrogens with one attached hydrogen (secondary N) is 2. The first-order valence-corrected chi connectivity index (χ1v) is 11.1. The van der Waals surface area contributed by atoms with Crippen LogP contribution in [0.3, 0.4) is 0 Å².